The first-order valence-corrected chi connectivity index (χ1v) is 10.1. The molecule has 0 bridgehead atoms. The number of amides is 1. The third kappa shape index (κ3) is 6.75. The fourth-order valence-electron chi connectivity index (χ4n) is 2.73. The van der Waals surface area contributed by atoms with E-state index in [1.165, 1.54) is 55.8 Å². The van der Waals surface area contributed by atoms with Crippen LogP contribution in [0.4, 0.5) is 5.69 Å². The molecule has 9 nitrogen and oxygen atoms in total. The molecule has 34 heavy (non-hydrogen) atoms. The first-order chi connectivity index (χ1) is 16.4. The number of ether oxygens (including phenoxy) is 2. The van der Waals surface area contributed by atoms with Crippen molar-refractivity contribution < 1.29 is 24.0 Å². The smallest absolute Gasteiger partial charge is 0.336 e. The summed E-state index contributed by atoms with van der Waals surface area (Å²) in [6.45, 7) is 0. The zero-order valence-electron chi connectivity index (χ0n) is 17.8. The van der Waals surface area contributed by atoms with Crippen LogP contribution in [0, 0.1) is 10.1 Å². The predicted octanol–water partition coefficient (Wildman–Crippen LogP) is 4.64. The minimum absolute atomic E-state index is 0.0941. The number of nitro groups is 1. The van der Waals surface area contributed by atoms with Gasteiger partial charge in [0.05, 0.1) is 18.2 Å². The second-order valence-corrected chi connectivity index (χ2v) is 7.15. The number of nitrogens with zero attached hydrogens (tertiary/aromatic N) is 2. The van der Waals surface area contributed by atoms with Crippen molar-refractivity contribution in [3.05, 3.63) is 105 Å². The monoisotopic (exact) mass is 479 g/mol. The average molecular weight is 480 g/mol. The molecule has 172 valence electrons. The van der Waals surface area contributed by atoms with E-state index in [9.17, 15) is 19.7 Å². The molecule has 0 atom stereocenters. The van der Waals surface area contributed by atoms with Crippen LogP contribution in [-0.4, -0.2) is 30.1 Å². The standard InChI is InChI=1S/C24H18ClN3O6/c1-33-21-9-6-17(7-10-21)24(30)27-26-15-18-14-19(25)8-11-22(18)34-23(29)12-5-16-3-2-4-20(13-16)28(31)32/h2-15H,1H3,(H,27,30)/b12-5+,26-15+. The molecule has 0 radical (unpaired) electrons. The minimum atomic E-state index is -0.717. The number of hydrazone groups is 1. The second-order valence-electron chi connectivity index (χ2n) is 6.72. The molecule has 0 saturated heterocycles. The summed E-state index contributed by atoms with van der Waals surface area (Å²) in [5.41, 5.74) is 3.48. The van der Waals surface area contributed by atoms with E-state index in [1.807, 2.05) is 0 Å². The van der Waals surface area contributed by atoms with Crippen LogP contribution in [0.1, 0.15) is 21.5 Å². The molecule has 0 aliphatic heterocycles. The molecule has 0 aliphatic carbocycles. The van der Waals surface area contributed by atoms with Gasteiger partial charge in [-0.15, -0.1) is 0 Å². The third-order valence-electron chi connectivity index (χ3n) is 4.40. The predicted molar refractivity (Wildman–Crippen MR) is 127 cm³/mol. The first-order valence-electron chi connectivity index (χ1n) is 9.77. The third-order valence-corrected chi connectivity index (χ3v) is 4.63. The molecule has 3 aromatic carbocycles. The highest BCUT2D eigenvalue weighted by Gasteiger charge is 2.09. The molecular formula is C24H18ClN3O6. The Balaban J connectivity index is 1.68. The van der Waals surface area contributed by atoms with Crippen LogP contribution in [0.3, 0.4) is 0 Å². The van der Waals surface area contributed by atoms with E-state index in [4.69, 9.17) is 21.1 Å². The number of carbonyl (C=O) groups is 2. The number of hydrogen-bond acceptors (Lipinski definition) is 7. The Morgan fingerprint density at radius 3 is 2.56 bits per heavy atom. The van der Waals surface area contributed by atoms with Gasteiger partial charge in [0.1, 0.15) is 11.5 Å². The summed E-state index contributed by atoms with van der Waals surface area (Å²) >= 11 is 6.03. The van der Waals surface area contributed by atoms with Gasteiger partial charge in [0, 0.05) is 34.4 Å². The van der Waals surface area contributed by atoms with Crippen molar-refractivity contribution in [3.8, 4) is 11.5 Å². The van der Waals surface area contributed by atoms with Gasteiger partial charge in [0.2, 0.25) is 0 Å². The van der Waals surface area contributed by atoms with Crippen LogP contribution >= 0.6 is 11.6 Å². The Kier molecular flexibility index (Phi) is 8.09. The van der Waals surface area contributed by atoms with E-state index in [1.54, 1.807) is 30.3 Å². The lowest BCUT2D eigenvalue weighted by atomic mass is 10.2. The Morgan fingerprint density at radius 2 is 1.85 bits per heavy atom. The molecule has 0 saturated carbocycles. The zero-order chi connectivity index (χ0) is 24.5. The maximum atomic E-state index is 12.3. The van der Waals surface area contributed by atoms with Crippen molar-refractivity contribution in [2.45, 2.75) is 0 Å². The van der Waals surface area contributed by atoms with Crippen molar-refractivity contribution >= 4 is 41.5 Å². The van der Waals surface area contributed by atoms with Crippen molar-refractivity contribution in [2.24, 2.45) is 5.10 Å². The molecule has 0 heterocycles. The molecule has 0 aliphatic rings. The summed E-state index contributed by atoms with van der Waals surface area (Å²) in [5.74, 6) is -0.393. The van der Waals surface area contributed by atoms with E-state index >= 15 is 0 Å². The molecule has 10 heteroatoms. The Bertz CT molecular complexity index is 1270. The highest BCUT2D eigenvalue weighted by molar-refractivity contribution is 6.31. The summed E-state index contributed by atoms with van der Waals surface area (Å²) in [7, 11) is 1.53. The highest BCUT2D eigenvalue weighted by Crippen LogP contribution is 2.22. The molecule has 1 amide bonds. The van der Waals surface area contributed by atoms with Crippen LogP contribution in [0.2, 0.25) is 5.02 Å². The Morgan fingerprint density at radius 1 is 1.09 bits per heavy atom. The fraction of sp³-hybridized carbons (Fsp3) is 0.0417. The topological polar surface area (TPSA) is 120 Å². The lowest BCUT2D eigenvalue weighted by Crippen LogP contribution is -2.17. The number of carbonyl (C=O) groups excluding carboxylic acids is 2. The number of nitrogens with one attached hydrogen (secondary N) is 1. The van der Waals surface area contributed by atoms with Crippen LogP contribution < -0.4 is 14.9 Å². The lowest BCUT2D eigenvalue weighted by molar-refractivity contribution is -0.384. The number of methoxy groups -OCH3 is 1. The highest BCUT2D eigenvalue weighted by atomic mass is 35.5. The van der Waals surface area contributed by atoms with Gasteiger partial charge in [-0.2, -0.15) is 5.10 Å². The lowest BCUT2D eigenvalue weighted by Gasteiger charge is -2.06. The van der Waals surface area contributed by atoms with Gasteiger partial charge in [0.25, 0.3) is 11.6 Å². The first kappa shape index (κ1) is 24.1. The summed E-state index contributed by atoms with van der Waals surface area (Å²) in [4.78, 5) is 34.8. The fourth-order valence-corrected chi connectivity index (χ4v) is 2.91. The zero-order valence-corrected chi connectivity index (χ0v) is 18.6. The van der Waals surface area contributed by atoms with Gasteiger partial charge < -0.3 is 9.47 Å². The van der Waals surface area contributed by atoms with E-state index in [2.05, 4.69) is 10.5 Å². The number of halogens is 1. The number of non-ortho nitro benzene ring substituents is 1. The van der Waals surface area contributed by atoms with E-state index in [0.29, 0.717) is 27.5 Å². The quantitative estimate of drug-likeness (QED) is 0.125. The second kappa shape index (κ2) is 11.4. The molecule has 1 N–H and O–H groups in total. The van der Waals surface area contributed by atoms with Crippen molar-refractivity contribution in [1.82, 2.24) is 5.43 Å². The molecule has 3 aromatic rings. The summed E-state index contributed by atoms with van der Waals surface area (Å²) in [6, 6.07) is 16.8. The minimum Gasteiger partial charge on any atom is -0.497 e. The van der Waals surface area contributed by atoms with Crippen molar-refractivity contribution in [1.29, 1.82) is 0 Å². The van der Waals surface area contributed by atoms with Gasteiger partial charge in [-0.05, 0) is 54.1 Å². The molecule has 0 aromatic heterocycles. The van der Waals surface area contributed by atoms with Gasteiger partial charge >= 0.3 is 5.97 Å². The number of nitro benzene ring substituents is 1. The Hall–Kier alpha value is -4.50. The molecule has 3 rings (SSSR count). The summed E-state index contributed by atoms with van der Waals surface area (Å²) < 4.78 is 10.4. The van der Waals surface area contributed by atoms with E-state index in [0.717, 1.165) is 6.08 Å². The van der Waals surface area contributed by atoms with Gasteiger partial charge in [-0.3, -0.25) is 14.9 Å². The van der Waals surface area contributed by atoms with Crippen LogP contribution in [0.25, 0.3) is 6.08 Å². The maximum Gasteiger partial charge on any atom is 0.336 e. The number of benzene rings is 3. The maximum absolute atomic E-state index is 12.3. The van der Waals surface area contributed by atoms with Crippen molar-refractivity contribution in [3.63, 3.8) is 0 Å². The molecule has 0 fully saturated rings. The summed E-state index contributed by atoms with van der Waals surface area (Å²) in [6.07, 6.45) is 3.83. The normalized spacial score (nSPS) is 10.9. The number of hydrogen-bond donors (Lipinski definition) is 1. The van der Waals surface area contributed by atoms with Crippen LogP contribution in [0.15, 0.2) is 77.9 Å². The Labute approximate surface area is 199 Å². The van der Waals surface area contributed by atoms with Crippen LogP contribution in [0.5, 0.6) is 11.5 Å². The van der Waals surface area contributed by atoms with Gasteiger partial charge in [-0.1, -0.05) is 23.7 Å². The molecular weight excluding hydrogens is 462 g/mol. The number of esters is 1. The van der Waals surface area contributed by atoms with Gasteiger partial charge in [-0.25, -0.2) is 10.2 Å². The summed E-state index contributed by atoms with van der Waals surface area (Å²) in [5, 5.41) is 15.1. The van der Waals surface area contributed by atoms with E-state index < -0.39 is 16.8 Å². The largest absolute Gasteiger partial charge is 0.497 e. The van der Waals surface area contributed by atoms with E-state index in [-0.39, 0.29) is 11.4 Å². The average Bonchev–Trinajstić information content (AvgIpc) is 2.84. The van der Waals surface area contributed by atoms with Crippen LogP contribution in [-0.2, 0) is 4.79 Å². The number of rotatable bonds is 8. The SMILES string of the molecule is COc1ccc(C(=O)N/N=C/c2cc(Cl)ccc2OC(=O)/C=C/c2cccc([N+](=O)[O-])c2)cc1. The van der Waals surface area contributed by atoms with Crippen molar-refractivity contribution in [2.75, 3.05) is 7.11 Å². The van der Waals surface area contributed by atoms with Gasteiger partial charge in [0.15, 0.2) is 0 Å². The molecule has 0 spiro atoms. The molecule has 0 unspecified atom stereocenters.